The van der Waals surface area contributed by atoms with Gasteiger partial charge in [0.05, 0.1) is 30.9 Å². The molecule has 1 atom stereocenters. The van der Waals surface area contributed by atoms with Crippen molar-refractivity contribution in [2.75, 3.05) is 44.7 Å². The van der Waals surface area contributed by atoms with E-state index in [4.69, 9.17) is 4.74 Å². The number of hydrogen-bond donors (Lipinski definition) is 1. The predicted octanol–water partition coefficient (Wildman–Crippen LogP) is 7.62. The predicted molar refractivity (Wildman–Crippen MR) is 229 cm³/mol. The van der Waals surface area contributed by atoms with Crippen molar-refractivity contribution in [2.45, 2.75) is 71.5 Å². The zero-order chi connectivity index (χ0) is 40.2. The third-order valence-corrected chi connectivity index (χ3v) is 12.4. The molecule has 0 spiro atoms. The number of amides is 3. The van der Waals surface area contributed by atoms with Crippen molar-refractivity contribution in [3.05, 3.63) is 147 Å². The van der Waals surface area contributed by atoms with Crippen LogP contribution in [0.5, 0.6) is 0 Å². The minimum Gasteiger partial charge on any atom is -0.379 e. The molecule has 0 radical (unpaired) electrons. The molecule has 4 aromatic carbocycles. The van der Waals surface area contributed by atoms with Crippen LogP contribution in [-0.2, 0) is 55.4 Å². The van der Waals surface area contributed by atoms with Gasteiger partial charge in [-0.2, -0.15) is 0 Å². The summed E-state index contributed by atoms with van der Waals surface area (Å²) in [5.74, 6) is -0.0804. The smallest absolute Gasteiger partial charge is 0.257 e. The van der Waals surface area contributed by atoms with E-state index in [1.54, 1.807) is 0 Å². The lowest BCUT2D eigenvalue weighted by atomic mass is 9.87. The molecule has 0 unspecified atom stereocenters. The Labute approximate surface area is 342 Å². The minimum atomic E-state index is -0.145. The van der Waals surface area contributed by atoms with Gasteiger partial charge in [0.25, 0.3) is 11.8 Å². The van der Waals surface area contributed by atoms with Crippen molar-refractivity contribution in [1.29, 1.82) is 0 Å². The molecule has 3 aliphatic heterocycles. The van der Waals surface area contributed by atoms with E-state index in [0.717, 1.165) is 83.8 Å². The molecule has 0 aliphatic carbocycles. The summed E-state index contributed by atoms with van der Waals surface area (Å²) in [7, 11) is 2.02. The monoisotopic (exact) mass is 777 g/mol. The summed E-state index contributed by atoms with van der Waals surface area (Å²) in [6.07, 6.45) is 4.37. The highest BCUT2D eigenvalue weighted by molar-refractivity contribution is 6.09. The molecule has 5 aromatic rings. The zero-order valence-electron chi connectivity index (χ0n) is 34.1. The molecular formula is C49H55N5O4. The number of fused-ring (bicyclic) bond motifs is 2. The number of carbonyl (C=O) groups is 3. The molecule has 0 saturated carbocycles. The second-order valence-electron chi connectivity index (χ2n) is 16.1. The molecular weight excluding hydrogens is 723 g/mol. The van der Waals surface area contributed by atoms with Gasteiger partial charge in [0, 0.05) is 74.9 Å². The summed E-state index contributed by atoms with van der Waals surface area (Å²) in [6.45, 7) is 9.58. The highest BCUT2D eigenvalue weighted by atomic mass is 16.5. The number of unbranched alkanes of at least 4 members (excludes halogenated alkanes) is 1. The maximum atomic E-state index is 15.6. The topological polar surface area (TPSA) is 87.1 Å². The fourth-order valence-electron chi connectivity index (χ4n) is 9.13. The van der Waals surface area contributed by atoms with Gasteiger partial charge in [-0.1, -0.05) is 86.1 Å². The highest BCUT2D eigenvalue weighted by Crippen LogP contribution is 2.39. The fraction of sp³-hybridized carbons (Fsp3) is 0.367. The number of morpholine rings is 1. The van der Waals surface area contributed by atoms with Crippen molar-refractivity contribution >= 4 is 23.4 Å². The van der Waals surface area contributed by atoms with Crippen molar-refractivity contribution in [3.63, 3.8) is 0 Å². The molecule has 9 heteroatoms. The van der Waals surface area contributed by atoms with E-state index in [1.165, 1.54) is 11.1 Å². The van der Waals surface area contributed by atoms with Gasteiger partial charge in [0.15, 0.2) is 0 Å². The number of nitrogens with one attached hydrogen (secondary N) is 1. The molecule has 4 heterocycles. The maximum Gasteiger partial charge on any atom is 0.257 e. The standard InChI is InChI=1S/C49H55N5O4/c1-4-5-20-42-46(48(56)50-40-18-10-7-11-19-40)34(2)51(3)47(42)43-29-37-21-22-53(45(55)27-35-14-8-6-9-15-35)31-39(37)30-44(43)49(57)54-32-38-17-13-12-16-36(38)28-41(54)33-52-23-25-58-26-24-52/h6-19,29-30,41H,4-5,20-28,31-33H2,1-3H3,(H,50,56)/t41-/m0/s1. The van der Waals surface area contributed by atoms with Crippen LogP contribution in [0.2, 0.25) is 0 Å². The second kappa shape index (κ2) is 17.5. The van der Waals surface area contributed by atoms with Crippen LogP contribution in [0.1, 0.15) is 79.6 Å². The molecule has 3 aliphatic rings. The summed E-state index contributed by atoms with van der Waals surface area (Å²) >= 11 is 0. The van der Waals surface area contributed by atoms with Crippen LogP contribution in [0.3, 0.4) is 0 Å². The Hall–Kier alpha value is -5.51. The molecule has 300 valence electrons. The summed E-state index contributed by atoms with van der Waals surface area (Å²) < 4.78 is 7.82. The van der Waals surface area contributed by atoms with E-state index >= 15 is 4.79 Å². The number of para-hydroxylation sites is 1. The van der Waals surface area contributed by atoms with E-state index < -0.39 is 0 Å². The van der Waals surface area contributed by atoms with Crippen LogP contribution < -0.4 is 5.32 Å². The number of anilines is 1. The number of hydrogen-bond acceptors (Lipinski definition) is 5. The van der Waals surface area contributed by atoms with E-state index in [-0.39, 0.29) is 23.8 Å². The Bertz CT molecular complexity index is 2280. The average molecular weight is 778 g/mol. The van der Waals surface area contributed by atoms with Crippen molar-refractivity contribution in [3.8, 4) is 11.3 Å². The van der Waals surface area contributed by atoms with Gasteiger partial charge < -0.3 is 24.4 Å². The Kier molecular flexibility index (Phi) is 11.9. The van der Waals surface area contributed by atoms with Crippen LogP contribution in [0, 0.1) is 6.92 Å². The lowest BCUT2D eigenvalue weighted by Gasteiger charge is -2.41. The van der Waals surface area contributed by atoms with E-state index in [2.05, 4.69) is 63.0 Å². The van der Waals surface area contributed by atoms with Crippen LogP contribution >= 0.6 is 0 Å². The van der Waals surface area contributed by atoms with Crippen LogP contribution in [0.25, 0.3) is 11.3 Å². The third kappa shape index (κ3) is 8.24. The molecule has 1 aromatic heterocycles. The molecule has 1 N–H and O–H groups in total. The van der Waals surface area contributed by atoms with Crippen LogP contribution in [-0.4, -0.2) is 82.4 Å². The second-order valence-corrected chi connectivity index (χ2v) is 16.1. The Morgan fingerprint density at radius 1 is 0.810 bits per heavy atom. The SMILES string of the molecule is CCCCc1c(C(=O)Nc2ccccc2)c(C)n(C)c1-c1cc2c(cc1C(=O)N1Cc3ccccc3C[C@H]1CN1CCOCC1)CN(C(=O)Cc1ccccc1)CC2. The molecule has 1 saturated heterocycles. The lowest BCUT2D eigenvalue weighted by molar-refractivity contribution is -0.131. The first-order chi connectivity index (χ1) is 28.3. The van der Waals surface area contributed by atoms with Crippen LogP contribution in [0.4, 0.5) is 5.69 Å². The van der Waals surface area contributed by atoms with Crippen LogP contribution in [0.15, 0.2) is 97.1 Å². The van der Waals surface area contributed by atoms with Gasteiger partial charge in [-0.05, 0) is 90.3 Å². The molecule has 1 fully saturated rings. The number of nitrogens with zero attached hydrogens (tertiary/aromatic N) is 4. The van der Waals surface area contributed by atoms with Gasteiger partial charge in [0.1, 0.15) is 0 Å². The van der Waals surface area contributed by atoms with E-state index in [0.29, 0.717) is 63.2 Å². The maximum absolute atomic E-state index is 15.6. The molecule has 9 nitrogen and oxygen atoms in total. The molecule has 8 rings (SSSR count). The van der Waals surface area contributed by atoms with Gasteiger partial charge in [0.2, 0.25) is 5.91 Å². The number of benzene rings is 4. The Morgan fingerprint density at radius 2 is 1.52 bits per heavy atom. The summed E-state index contributed by atoms with van der Waals surface area (Å²) in [4.78, 5) is 50.0. The van der Waals surface area contributed by atoms with Gasteiger partial charge in [-0.3, -0.25) is 19.3 Å². The zero-order valence-corrected chi connectivity index (χ0v) is 34.1. The number of rotatable bonds is 11. The largest absolute Gasteiger partial charge is 0.379 e. The minimum absolute atomic E-state index is 0.0196. The first-order valence-corrected chi connectivity index (χ1v) is 21.0. The third-order valence-electron chi connectivity index (χ3n) is 12.4. The molecule has 3 amide bonds. The normalized spacial score (nSPS) is 16.8. The number of ether oxygens (including phenoxy) is 1. The van der Waals surface area contributed by atoms with Gasteiger partial charge in [-0.25, -0.2) is 0 Å². The van der Waals surface area contributed by atoms with E-state index in [9.17, 15) is 9.59 Å². The molecule has 0 bridgehead atoms. The Morgan fingerprint density at radius 3 is 2.26 bits per heavy atom. The van der Waals surface area contributed by atoms with Gasteiger partial charge in [-0.15, -0.1) is 0 Å². The first-order valence-electron chi connectivity index (χ1n) is 21.0. The van der Waals surface area contributed by atoms with E-state index in [1.807, 2.05) is 79.5 Å². The van der Waals surface area contributed by atoms with Gasteiger partial charge >= 0.3 is 0 Å². The number of aromatic nitrogens is 1. The van der Waals surface area contributed by atoms with Crippen molar-refractivity contribution in [2.24, 2.45) is 7.05 Å². The lowest BCUT2D eigenvalue weighted by Crippen LogP contribution is -2.52. The average Bonchev–Trinajstić information content (AvgIpc) is 3.50. The highest BCUT2D eigenvalue weighted by Gasteiger charge is 2.36. The summed E-state index contributed by atoms with van der Waals surface area (Å²) in [5, 5.41) is 3.16. The summed E-state index contributed by atoms with van der Waals surface area (Å²) in [6, 6.07) is 32.2. The fourth-order valence-corrected chi connectivity index (χ4v) is 9.13. The Balaban J connectivity index is 1.24. The first kappa shape index (κ1) is 39.3. The quantitative estimate of drug-likeness (QED) is 0.149. The molecule has 58 heavy (non-hydrogen) atoms. The van der Waals surface area contributed by atoms with Crippen molar-refractivity contribution in [1.82, 2.24) is 19.3 Å². The number of carbonyl (C=O) groups excluding carboxylic acids is 3. The van der Waals surface area contributed by atoms with Crippen molar-refractivity contribution < 1.29 is 19.1 Å². The summed E-state index contributed by atoms with van der Waals surface area (Å²) in [5.41, 5.74) is 11.2.